The minimum Gasteiger partial charge on any atom is -0.484 e. The van der Waals surface area contributed by atoms with Crippen molar-refractivity contribution in [1.82, 2.24) is 0 Å². The van der Waals surface area contributed by atoms with Crippen molar-refractivity contribution >= 4 is 11.4 Å². The smallest absolute Gasteiger partial charge is 0.211 e. The summed E-state index contributed by atoms with van der Waals surface area (Å²) in [6, 6.07) is 19.2. The highest BCUT2D eigenvalue weighted by Crippen LogP contribution is 2.32. The van der Waals surface area contributed by atoms with Gasteiger partial charge >= 0.3 is 0 Å². The van der Waals surface area contributed by atoms with Gasteiger partial charge in [0.25, 0.3) is 0 Å². The van der Waals surface area contributed by atoms with Gasteiger partial charge in [-0.1, -0.05) is 60.7 Å². The summed E-state index contributed by atoms with van der Waals surface area (Å²) in [7, 11) is 0. The van der Waals surface area contributed by atoms with Gasteiger partial charge in [-0.05, 0) is 5.56 Å². The molecular formula is C16H12O2. The molecule has 0 aliphatic carbocycles. The Bertz CT molecular complexity index is 585. The predicted molar refractivity (Wildman–Crippen MR) is 69.7 cm³/mol. The van der Waals surface area contributed by atoms with Crippen molar-refractivity contribution in [2.75, 3.05) is 0 Å². The molecular weight excluding hydrogens is 224 g/mol. The van der Waals surface area contributed by atoms with Gasteiger partial charge in [-0.15, -0.1) is 0 Å². The third-order valence-electron chi connectivity index (χ3n) is 3.01. The van der Waals surface area contributed by atoms with Crippen LogP contribution in [-0.2, 0) is 9.53 Å². The molecule has 2 heteroatoms. The lowest BCUT2D eigenvalue weighted by molar-refractivity contribution is -0.119. The van der Waals surface area contributed by atoms with Crippen LogP contribution in [0.3, 0.4) is 0 Å². The fraction of sp³-hybridized carbons (Fsp3) is 0.0625. The van der Waals surface area contributed by atoms with Gasteiger partial charge in [-0.3, -0.25) is 4.79 Å². The van der Waals surface area contributed by atoms with Crippen molar-refractivity contribution in [1.29, 1.82) is 0 Å². The molecule has 1 unspecified atom stereocenters. The minimum absolute atomic E-state index is 0.0207. The number of Topliss-reactive ketones (excluding diaryl/α,β-unsaturated/α-hetero) is 1. The number of carbonyl (C=O) groups excluding carboxylic acids is 1. The van der Waals surface area contributed by atoms with Crippen molar-refractivity contribution in [3.05, 3.63) is 78.1 Å². The standard InChI is InChI=1S/C16H12O2/c17-15-14(12-7-3-1-4-8-12)11-18-16(15)13-9-5-2-6-10-13/h1-11,16H. The number of hydrogen-bond acceptors (Lipinski definition) is 2. The molecule has 0 N–H and O–H groups in total. The Morgan fingerprint density at radius 2 is 1.44 bits per heavy atom. The summed E-state index contributed by atoms with van der Waals surface area (Å²) in [6.07, 6.45) is 1.07. The molecule has 0 bridgehead atoms. The summed E-state index contributed by atoms with van der Waals surface area (Å²) in [5.41, 5.74) is 2.44. The molecule has 0 radical (unpaired) electrons. The quantitative estimate of drug-likeness (QED) is 0.799. The van der Waals surface area contributed by atoms with Gasteiger partial charge in [0.05, 0.1) is 11.8 Å². The Balaban J connectivity index is 1.89. The van der Waals surface area contributed by atoms with E-state index in [0.717, 1.165) is 11.1 Å². The Morgan fingerprint density at radius 1 is 0.833 bits per heavy atom. The normalized spacial score (nSPS) is 18.3. The summed E-state index contributed by atoms with van der Waals surface area (Å²) in [6.45, 7) is 0. The van der Waals surface area contributed by atoms with Gasteiger partial charge in [0.2, 0.25) is 5.78 Å². The van der Waals surface area contributed by atoms with Gasteiger partial charge in [-0.25, -0.2) is 0 Å². The highest BCUT2D eigenvalue weighted by atomic mass is 16.5. The van der Waals surface area contributed by atoms with E-state index < -0.39 is 6.10 Å². The van der Waals surface area contributed by atoms with E-state index in [1.165, 1.54) is 0 Å². The third kappa shape index (κ3) is 1.82. The highest BCUT2D eigenvalue weighted by Gasteiger charge is 2.31. The Labute approximate surface area is 106 Å². The number of hydrogen-bond donors (Lipinski definition) is 0. The molecule has 0 aromatic heterocycles. The lowest BCUT2D eigenvalue weighted by atomic mass is 9.98. The van der Waals surface area contributed by atoms with E-state index in [4.69, 9.17) is 4.74 Å². The molecule has 1 atom stereocenters. The first-order valence-electron chi connectivity index (χ1n) is 5.86. The molecule has 2 nitrogen and oxygen atoms in total. The van der Waals surface area contributed by atoms with Crippen LogP contribution in [0.2, 0.25) is 0 Å². The van der Waals surface area contributed by atoms with Crippen molar-refractivity contribution in [2.24, 2.45) is 0 Å². The topological polar surface area (TPSA) is 26.3 Å². The van der Waals surface area contributed by atoms with Crippen LogP contribution in [0.25, 0.3) is 5.57 Å². The van der Waals surface area contributed by atoms with Gasteiger partial charge < -0.3 is 4.74 Å². The van der Waals surface area contributed by atoms with E-state index in [1.807, 2.05) is 60.7 Å². The zero-order valence-corrected chi connectivity index (χ0v) is 9.74. The predicted octanol–water partition coefficient (Wildman–Crippen LogP) is 3.37. The van der Waals surface area contributed by atoms with E-state index in [0.29, 0.717) is 5.57 Å². The summed E-state index contributed by atoms with van der Waals surface area (Å²) in [5.74, 6) is 0.0207. The highest BCUT2D eigenvalue weighted by molar-refractivity contribution is 6.24. The maximum atomic E-state index is 12.3. The number of ketones is 1. The molecule has 88 valence electrons. The van der Waals surface area contributed by atoms with E-state index in [-0.39, 0.29) is 5.78 Å². The first kappa shape index (κ1) is 10.8. The van der Waals surface area contributed by atoms with Gasteiger partial charge in [0, 0.05) is 5.56 Å². The Morgan fingerprint density at radius 3 is 2.11 bits per heavy atom. The van der Waals surface area contributed by atoms with Crippen molar-refractivity contribution in [3.8, 4) is 0 Å². The Kier molecular flexibility index (Phi) is 2.69. The first-order chi connectivity index (χ1) is 8.86. The maximum absolute atomic E-state index is 12.3. The molecule has 0 spiro atoms. The minimum atomic E-state index is -0.499. The molecule has 18 heavy (non-hydrogen) atoms. The molecule has 0 saturated carbocycles. The lowest BCUT2D eigenvalue weighted by Crippen LogP contribution is -2.09. The summed E-state index contributed by atoms with van der Waals surface area (Å²) in [4.78, 5) is 12.3. The summed E-state index contributed by atoms with van der Waals surface area (Å²) >= 11 is 0. The van der Waals surface area contributed by atoms with Gasteiger partial charge in [0.15, 0.2) is 6.10 Å². The summed E-state index contributed by atoms with van der Waals surface area (Å²) < 4.78 is 5.51. The van der Waals surface area contributed by atoms with Crippen LogP contribution in [-0.4, -0.2) is 5.78 Å². The van der Waals surface area contributed by atoms with E-state index in [1.54, 1.807) is 6.26 Å². The lowest BCUT2D eigenvalue weighted by Gasteiger charge is -2.09. The molecule has 1 aliphatic rings. The average Bonchev–Trinajstić information content (AvgIpc) is 2.83. The van der Waals surface area contributed by atoms with Crippen LogP contribution in [0, 0.1) is 0 Å². The Hall–Kier alpha value is -2.35. The molecule has 0 fully saturated rings. The second-order valence-corrected chi connectivity index (χ2v) is 4.19. The van der Waals surface area contributed by atoms with Crippen molar-refractivity contribution in [2.45, 2.75) is 6.10 Å². The van der Waals surface area contributed by atoms with Gasteiger partial charge in [0.1, 0.15) is 0 Å². The van der Waals surface area contributed by atoms with E-state index >= 15 is 0 Å². The van der Waals surface area contributed by atoms with Crippen LogP contribution in [0.1, 0.15) is 17.2 Å². The second kappa shape index (κ2) is 4.49. The molecule has 0 saturated heterocycles. The largest absolute Gasteiger partial charge is 0.484 e. The molecule has 1 heterocycles. The average molecular weight is 236 g/mol. The zero-order chi connectivity index (χ0) is 12.4. The second-order valence-electron chi connectivity index (χ2n) is 4.19. The SMILES string of the molecule is O=C1C(c2ccccc2)=COC1c1ccccc1. The monoisotopic (exact) mass is 236 g/mol. The van der Waals surface area contributed by atoms with Crippen LogP contribution in [0.4, 0.5) is 0 Å². The van der Waals surface area contributed by atoms with Crippen LogP contribution >= 0.6 is 0 Å². The fourth-order valence-corrected chi connectivity index (χ4v) is 2.08. The van der Waals surface area contributed by atoms with Crippen LogP contribution in [0.15, 0.2) is 66.9 Å². The molecule has 0 amide bonds. The van der Waals surface area contributed by atoms with Crippen molar-refractivity contribution in [3.63, 3.8) is 0 Å². The zero-order valence-electron chi connectivity index (χ0n) is 9.74. The first-order valence-corrected chi connectivity index (χ1v) is 5.86. The van der Waals surface area contributed by atoms with Gasteiger partial charge in [-0.2, -0.15) is 0 Å². The molecule has 1 aliphatic heterocycles. The number of rotatable bonds is 2. The van der Waals surface area contributed by atoms with E-state index in [9.17, 15) is 4.79 Å². The van der Waals surface area contributed by atoms with Crippen molar-refractivity contribution < 1.29 is 9.53 Å². The number of ether oxygens (including phenoxy) is 1. The molecule has 3 rings (SSSR count). The number of carbonyl (C=O) groups is 1. The fourth-order valence-electron chi connectivity index (χ4n) is 2.08. The van der Waals surface area contributed by atoms with Crippen LogP contribution in [0.5, 0.6) is 0 Å². The third-order valence-corrected chi connectivity index (χ3v) is 3.01. The summed E-state index contributed by atoms with van der Waals surface area (Å²) in [5, 5.41) is 0. The number of benzene rings is 2. The maximum Gasteiger partial charge on any atom is 0.211 e. The van der Waals surface area contributed by atoms with Crippen LogP contribution < -0.4 is 0 Å². The molecule has 2 aromatic carbocycles. The molecule has 2 aromatic rings. The van der Waals surface area contributed by atoms with E-state index in [2.05, 4.69) is 0 Å².